The standard InChI is InChI=1S/C24H16Cl4N2O2/c1-32-23-10-14(9-21(27)18(23)11-15-4-2-3-5-19(15)25)8-16(13-29)24(31)30-17-6-7-20(26)22(28)12-17/h2-10,12H,11H2,1H3,(H,30,31)/b16-8+. The highest BCUT2D eigenvalue weighted by molar-refractivity contribution is 6.42. The fourth-order valence-electron chi connectivity index (χ4n) is 2.99. The van der Waals surface area contributed by atoms with Gasteiger partial charge in [0.15, 0.2) is 0 Å². The zero-order valence-corrected chi connectivity index (χ0v) is 19.8. The van der Waals surface area contributed by atoms with Crippen molar-refractivity contribution in [3.63, 3.8) is 0 Å². The molecule has 0 unspecified atom stereocenters. The van der Waals surface area contributed by atoms with Gasteiger partial charge in [-0.15, -0.1) is 0 Å². The molecule has 0 radical (unpaired) electrons. The first kappa shape index (κ1) is 24.0. The van der Waals surface area contributed by atoms with Gasteiger partial charge >= 0.3 is 0 Å². The van der Waals surface area contributed by atoms with E-state index in [9.17, 15) is 10.1 Å². The number of ether oxygens (including phenoxy) is 1. The fourth-order valence-corrected chi connectivity index (χ4v) is 3.77. The van der Waals surface area contributed by atoms with Crippen molar-refractivity contribution in [2.24, 2.45) is 0 Å². The molecule has 0 bridgehead atoms. The lowest BCUT2D eigenvalue weighted by Crippen LogP contribution is -2.13. The molecule has 1 amide bonds. The number of hydrogen-bond acceptors (Lipinski definition) is 3. The topological polar surface area (TPSA) is 62.1 Å². The number of benzene rings is 3. The van der Waals surface area contributed by atoms with Crippen LogP contribution >= 0.6 is 46.4 Å². The number of hydrogen-bond donors (Lipinski definition) is 1. The Morgan fingerprint density at radius 1 is 1.00 bits per heavy atom. The second-order valence-electron chi connectivity index (χ2n) is 6.70. The van der Waals surface area contributed by atoms with E-state index in [0.717, 1.165) is 11.1 Å². The largest absolute Gasteiger partial charge is 0.496 e. The first-order chi connectivity index (χ1) is 15.3. The van der Waals surface area contributed by atoms with Gasteiger partial charge < -0.3 is 10.1 Å². The molecule has 0 fully saturated rings. The zero-order chi connectivity index (χ0) is 23.3. The van der Waals surface area contributed by atoms with Crippen LogP contribution in [0.3, 0.4) is 0 Å². The maximum absolute atomic E-state index is 12.6. The number of amides is 1. The first-order valence-electron chi connectivity index (χ1n) is 9.30. The third-order valence-electron chi connectivity index (χ3n) is 4.58. The zero-order valence-electron chi connectivity index (χ0n) is 16.8. The van der Waals surface area contributed by atoms with Gasteiger partial charge in [0, 0.05) is 27.7 Å². The van der Waals surface area contributed by atoms with E-state index < -0.39 is 5.91 Å². The Morgan fingerprint density at radius 3 is 2.41 bits per heavy atom. The Balaban J connectivity index is 1.89. The predicted octanol–water partition coefficient (Wildman–Crippen LogP) is 7.45. The summed E-state index contributed by atoms with van der Waals surface area (Å²) >= 11 is 24.7. The van der Waals surface area contributed by atoms with Gasteiger partial charge in [-0.2, -0.15) is 5.26 Å². The predicted molar refractivity (Wildman–Crippen MR) is 131 cm³/mol. The summed E-state index contributed by atoms with van der Waals surface area (Å²) in [6.07, 6.45) is 1.90. The van der Waals surface area contributed by atoms with Crippen LogP contribution in [0.1, 0.15) is 16.7 Å². The number of nitriles is 1. The molecule has 3 aromatic carbocycles. The number of carbonyl (C=O) groups excluding carboxylic acids is 1. The van der Waals surface area contributed by atoms with Crippen molar-refractivity contribution in [2.45, 2.75) is 6.42 Å². The average molecular weight is 506 g/mol. The smallest absolute Gasteiger partial charge is 0.266 e. The number of halogens is 4. The summed E-state index contributed by atoms with van der Waals surface area (Å²) in [5.74, 6) is -0.0769. The van der Waals surface area contributed by atoms with E-state index in [1.165, 1.54) is 19.3 Å². The van der Waals surface area contributed by atoms with Gasteiger partial charge in [0.1, 0.15) is 17.4 Å². The summed E-state index contributed by atoms with van der Waals surface area (Å²) in [4.78, 5) is 12.6. The van der Waals surface area contributed by atoms with E-state index in [2.05, 4.69) is 5.32 Å². The SMILES string of the molecule is COc1cc(/C=C(\C#N)C(=O)Nc2ccc(Cl)c(Cl)c2)cc(Cl)c1Cc1ccccc1Cl. The molecule has 0 aromatic heterocycles. The summed E-state index contributed by atoms with van der Waals surface area (Å²) in [6.45, 7) is 0. The molecule has 3 rings (SSSR count). The molecule has 0 atom stereocenters. The van der Waals surface area contributed by atoms with Crippen LogP contribution in [-0.2, 0) is 11.2 Å². The highest BCUT2D eigenvalue weighted by Crippen LogP contribution is 2.33. The van der Waals surface area contributed by atoms with Crippen LogP contribution in [-0.4, -0.2) is 13.0 Å². The third-order valence-corrected chi connectivity index (χ3v) is 6.02. The van der Waals surface area contributed by atoms with Crippen molar-refractivity contribution in [3.05, 3.63) is 97.0 Å². The summed E-state index contributed by atoms with van der Waals surface area (Å²) < 4.78 is 5.51. The molecule has 0 aliphatic rings. The van der Waals surface area contributed by atoms with Crippen LogP contribution in [0.5, 0.6) is 5.75 Å². The molecule has 4 nitrogen and oxygen atoms in total. The Morgan fingerprint density at radius 2 is 1.75 bits per heavy atom. The minimum Gasteiger partial charge on any atom is -0.496 e. The van der Waals surface area contributed by atoms with Crippen LogP contribution < -0.4 is 10.1 Å². The molecule has 0 aliphatic carbocycles. The van der Waals surface area contributed by atoms with Crippen molar-refractivity contribution in [1.29, 1.82) is 5.26 Å². The van der Waals surface area contributed by atoms with E-state index in [4.69, 9.17) is 51.1 Å². The molecule has 8 heteroatoms. The van der Waals surface area contributed by atoms with Gasteiger partial charge in [0.2, 0.25) is 0 Å². The van der Waals surface area contributed by atoms with Crippen LogP contribution in [0.4, 0.5) is 5.69 Å². The van der Waals surface area contributed by atoms with E-state index >= 15 is 0 Å². The van der Waals surface area contributed by atoms with Crippen LogP contribution in [0, 0.1) is 11.3 Å². The minimum absolute atomic E-state index is 0.118. The van der Waals surface area contributed by atoms with Gasteiger partial charge in [-0.3, -0.25) is 4.79 Å². The van der Waals surface area contributed by atoms with Gasteiger partial charge in [-0.25, -0.2) is 0 Å². The summed E-state index contributed by atoms with van der Waals surface area (Å²) in [5, 5.41) is 13.8. The number of carbonyl (C=O) groups is 1. The van der Waals surface area contributed by atoms with Crippen LogP contribution in [0.2, 0.25) is 20.1 Å². The molecule has 0 aliphatic heterocycles. The number of methoxy groups -OCH3 is 1. The lowest BCUT2D eigenvalue weighted by molar-refractivity contribution is -0.112. The summed E-state index contributed by atoms with van der Waals surface area (Å²) in [6, 6.07) is 17.4. The molecular formula is C24H16Cl4N2O2. The maximum Gasteiger partial charge on any atom is 0.266 e. The van der Waals surface area contributed by atoms with Gasteiger partial charge in [0.25, 0.3) is 5.91 Å². The Kier molecular flexibility index (Phi) is 8.06. The molecule has 0 spiro atoms. The Labute approximate surface area is 205 Å². The minimum atomic E-state index is -0.596. The molecule has 32 heavy (non-hydrogen) atoms. The molecular weight excluding hydrogens is 490 g/mol. The second kappa shape index (κ2) is 10.8. The lowest BCUT2D eigenvalue weighted by atomic mass is 10.0. The molecule has 0 saturated carbocycles. The van der Waals surface area contributed by atoms with E-state index in [-0.39, 0.29) is 10.6 Å². The molecule has 0 heterocycles. The van der Waals surface area contributed by atoms with E-state index in [1.54, 1.807) is 30.3 Å². The maximum atomic E-state index is 12.6. The van der Waals surface area contributed by atoms with Crippen LogP contribution in [0.25, 0.3) is 6.08 Å². The summed E-state index contributed by atoms with van der Waals surface area (Å²) in [7, 11) is 1.53. The van der Waals surface area contributed by atoms with E-state index in [1.807, 2.05) is 24.3 Å². The van der Waals surface area contributed by atoms with Crippen molar-refractivity contribution in [3.8, 4) is 11.8 Å². The lowest BCUT2D eigenvalue weighted by Gasteiger charge is -2.13. The number of rotatable bonds is 6. The molecule has 0 saturated heterocycles. The Bertz CT molecular complexity index is 1250. The van der Waals surface area contributed by atoms with Gasteiger partial charge in [-0.1, -0.05) is 64.6 Å². The third kappa shape index (κ3) is 5.76. The number of nitrogens with zero attached hydrogens (tertiary/aromatic N) is 1. The average Bonchev–Trinajstić information content (AvgIpc) is 2.77. The second-order valence-corrected chi connectivity index (χ2v) is 8.33. The van der Waals surface area contributed by atoms with Crippen molar-refractivity contribution >= 4 is 64.1 Å². The quantitative estimate of drug-likeness (QED) is 0.279. The monoisotopic (exact) mass is 504 g/mol. The highest BCUT2D eigenvalue weighted by Gasteiger charge is 2.15. The molecule has 162 valence electrons. The van der Waals surface area contributed by atoms with Gasteiger partial charge in [-0.05, 0) is 53.6 Å². The molecule has 1 N–H and O–H groups in total. The normalized spacial score (nSPS) is 11.1. The summed E-state index contributed by atoms with van der Waals surface area (Å²) in [5.41, 5.74) is 2.48. The van der Waals surface area contributed by atoms with Crippen molar-refractivity contribution in [1.82, 2.24) is 0 Å². The molecule has 3 aromatic rings. The van der Waals surface area contributed by atoms with Crippen LogP contribution in [0.15, 0.2) is 60.2 Å². The highest BCUT2D eigenvalue weighted by atomic mass is 35.5. The van der Waals surface area contributed by atoms with Crippen molar-refractivity contribution in [2.75, 3.05) is 12.4 Å². The Hall–Kier alpha value is -2.68. The number of nitrogens with one attached hydrogen (secondary N) is 1. The number of anilines is 1. The van der Waals surface area contributed by atoms with E-state index in [0.29, 0.717) is 38.5 Å². The van der Waals surface area contributed by atoms with Gasteiger partial charge in [0.05, 0.1) is 17.2 Å². The first-order valence-corrected chi connectivity index (χ1v) is 10.8. The van der Waals surface area contributed by atoms with Crippen molar-refractivity contribution < 1.29 is 9.53 Å². The fraction of sp³-hybridized carbons (Fsp3) is 0.0833.